The highest BCUT2D eigenvalue weighted by molar-refractivity contribution is 5.39. The minimum absolute atomic E-state index is 0.0651. The predicted molar refractivity (Wildman–Crippen MR) is 77.5 cm³/mol. The van der Waals surface area contributed by atoms with Crippen LogP contribution in [0.2, 0.25) is 0 Å². The van der Waals surface area contributed by atoms with Gasteiger partial charge in [0.05, 0.1) is 24.9 Å². The fourth-order valence-corrected chi connectivity index (χ4v) is 2.54. The lowest BCUT2D eigenvalue weighted by Gasteiger charge is -2.37. The second kappa shape index (κ2) is 5.51. The monoisotopic (exact) mass is 263 g/mol. The number of benzene rings is 1. The van der Waals surface area contributed by atoms with Crippen LogP contribution in [0.1, 0.15) is 50.8 Å². The molecule has 1 aromatic carbocycles. The Labute approximate surface area is 116 Å². The first kappa shape index (κ1) is 14.4. The molecule has 0 amide bonds. The molecule has 0 spiro atoms. The van der Waals surface area contributed by atoms with Gasteiger partial charge in [-0.25, -0.2) is 0 Å². The van der Waals surface area contributed by atoms with Crippen LogP contribution in [-0.4, -0.2) is 18.8 Å². The number of ether oxygens (including phenoxy) is 2. The number of rotatable bonds is 4. The lowest BCUT2D eigenvalue weighted by atomic mass is 9.85. The van der Waals surface area contributed by atoms with Crippen molar-refractivity contribution in [1.82, 2.24) is 0 Å². The molecular formula is C16H25NO2. The van der Waals surface area contributed by atoms with E-state index in [4.69, 9.17) is 15.2 Å². The second-order valence-corrected chi connectivity index (χ2v) is 5.90. The van der Waals surface area contributed by atoms with Gasteiger partial charge >= 0.3 is 0 Å². The van der Waals surface area contributed by atoms with Crippen LogP contribution in [0.3, 0.4) is 0 Å². The van der Waals surface area contributed by atoms with Crippen LogP contribution < -0.4 is 10.5 Å². The van der Waals surface area contributed by atoms with Gasteiger partial charge in [-0.15, -0.1) is 0 Å². The molecule has 2 unspecified atom stereocenters. The molecule has 0 bridgehead atoms. The van der Waals surface area contributed by atoms with E-state index in [2.05, 4.69) is 32.9 Å². The number of aryl methyl sites for hydroxylation is 1. The van der Waals surface area contributed by atoms with Gasteiger partial charge in [0.25, 0.3) is 0 Å². The molecule has 1 aliphatic rings. The van der Waals surface area contributed by atoms with Crippen molar-refractivity contribution < 1.29 is 9.47 Å². The molecule has 0 radical (unpaired) electrons. The molecule has 0 aromatic heterocycles. The van der Waals surface area contributed by atoms with E-state index in [0.717, 1.165) is 25.0 Å². The molecule has 2 atom stereocenters. The van der Waals surface area contributed by atoms with Gasteiger partial charge < -0.3 is 15.2 Å². The zero-order chi connectivity index (χ0) is 14.0. The van der Waals surface area contributed by atoms with E-state index in [0.29, 0.717) is 0 Å². The molecule has 2 rings (SSSR count). The number of hydrogen-bond acceptors (Lipinski definition) is 3. The number of hydrogen-bond donors (Lipinski definition) is 1. The van der Waals surface area contributed by atoms with Gasteiger partial charge in [-0.2, -0.15) is 0 Å². The van der Waals surface area contributed by atoms with Gasteiger partial charge in [0.1, 0.15) is 5.75 Å². The van der Waals surface area contributed by atoms with Crippen LogP contribution in [0.15, 0.2) is 18.2 Å². The molecule has 0 aliphatic heterocycles. The zero-order valence-electron chi connectivity index (χ0n) is 12.4. The standard InChI is InChI=1S/C16H25NO2/c1-5-16(2,3)19-14-9-7-11-6-8-12(18-4)10-13(11)15(14)17/h6,8,10,14-15H,5,7,9,17H2,1-4H3. The van der Waals surface area contributed by atoms with Crippen LogP contribution in [0, 0.1) is 0 Å². The van der Waals surface area contributed by atoms with E-state index < -0.39 is 0 Å². The van der Waals surface area contributed by atoms with Gasteiger partial charge in [0.2, 0.25) is 0 Å². The minimum Gasteiger partial charge on any atom is -0.497 e. The van der Waals surface area contributed by atoms with Crippen molar-refractivity contribution in [3.63, 3.8) is 0 Å². The highest BCUT2D eigenvalue weighted by atomic mass is 16.5. The Morgan fingerprint density at radius 3 is 2.74 bits per heavy atom. The first-order chi connectivity index (χ1) is 8.96. The molecule has 19 heavy (non-hydrogen) atoms. The molecule has 0 fully saturated rings. The molecule has 1 aromatic rings. The SMILES string of the molecule is CCC(C)(C)OC1CCc2ccc(OC)cc2C1N. The fraction of sp³-hybridized carbons (Fsp3) is 0.625. The summed E-state index contributed by atoms with van der Waals surface area (Å²) in [5.41, 5.74) is 8.77. The summed E-state index contributed by atoms with van der Waals surface area (Å²) < 4.78 is 11.5. The second-order valence-electron chi connectivity index (χ2n) is 5.90. The Balaban J connectivity index is 2.20. The van der Waals surface area contributed by atoms with Crippen LogP contribution in [0.4, 0.5) is 0 Å². The first-order valence-electron chi connectivity index (χ1n) is 7.07. The summed E-state index contributed by atoms with van der Waals surface area (Å²) >= 11 is 0. The van der Waals surface area contributed by atoms with Crippen molar-refractivity contribution in [2.24, 2.45) is 5.73 Å². The highest BCUT2D eigenvalue weighted by Gasteiger charge is 2.31. The molecule has 0 saturated carbocycles. The maximum Gasteiger partial charge on any atom is 0.119 e. The normalized spacial score (nSPS) is 23.0. The van der Waals surface area contributed by atoms with E-state index >= 15 is 0 Å². The summed E-state index contributed by atoms with van der Waals surface area (Å²) in [6.07, 6.45) is 3.09. The first-order valence-corrected chi connectivity index (χ1v) is 7.07. The van der Waals surface area contributed by atoms with Crippen molar-refractivity contribution >= 4 is 0 Å². The van der Waals surface area contributed by atoms with Crippen molar-refractivity contribution in [1.29, 1.82) is 0 Å². The highest BCUT2D eigenvalue weighted by Crippen LogP contribution is 2.35. The Kier molecular flexibility index (Phi) is 4.16. The van der Waals surface area contributed by atoms with Crippen LogP contribution in [0.5, 0.6) is 5.75 Å². The van der Waals surface area contributed by atoms with Gasteiger partial charge in [-0.3, -0.25) is 0 Å². The summed E-state index contributed by atoms with van der Waals surface area (Å²) in [5.74, 6) is 0.865. The summed E-state index contributed by atoms with van der Waals surface area (Å²) in [4.78, 5) is 0. The predicted octanol–water partition coefficient (Wildman–Crippen LogP) is 3.22. The molecule has 0 heterocycles. The third-order valence-electron chi connectivity index (χ3n) is 4.13. The molecule has 106 valence electrons. The summed E-state index contributed by atoms with van der Waals surface area (Å²) in [5, 5.41) is 0. The Morgan fingerprint density at radius 2 is 2.11 bits per heavy atom. The molecule has 1 aliphatic carbocycles. The van der Waals surface area contributed by atoms with Crippen LogP contribution in [-0.2, 0) is 11.2 Å². The Bertz CT molecular complexity index is 442. The smallest absolute Gasteiger partial charge is 0.119 e. The average Bonchev–Trinajstić information content (AvgIpc) is 2.41. The quantitative estimate of drug-likeness (QED) is 0.907. The van der Waals surface area contributed by atoms with Gasteiger partial charge in [-0.05, 0) is 56.4 Å². The molecule has 3 nitrogen and oxygen atoms in total. The molecular weight excluding hydrogens is 238 g/mol. The van der Waals surface area contributed by atoms with Crippen molar-refractivity contribution in [3.05, 3.63) is 29.3 Å². The number of fused-ring (bicyclic) bond motifs is 1. The lowest BCUT2D eigenvalue weighted by Crippen LogP contribution is -2.39. The van der Waals surface area contributed by atoms with Crippen LogP contribution in [0.25, 0.3) is 0 Å². The molecule has 2 N–H and O–H groups in total. The van der Waals surface area contributed by atoms with Crippen LogP contribution >= 0.6 is 0 Å². The van der Waals surface area contributed by atoms with Gasteiger partial charge in [0.15, 0.2) is 0 Å². The Hall–Kier alpha value is -1.06. The van der Waals surface area contributed by atoms with Crippen molar-refractivity contribution in [3.8, 4) is 5.75 Å². The van der Waals surface area contributed by atoms with Crippen molar-refractivity contribution in [2.75, 3.05) is 7.11 Å². The maximum atomic E-state index is 6.40. The maximum absolute atomic E-state index is 6.40. The summed E-state index contributed by atoms with van der Waals surface area (Å²) in [6, 6.07) is 6.11. The fourth-order valence-electron chi connectivity index (χ4n) is 2.54. The number of methoxy groups -OCH3 is 1. The number of nitrogens with two attached hydrogens (primary N) is 1. The average molecular weight is 263 g/mol. The summed E-state index contributed by atoms with van der Waals surface area (Å²) in [7, 11) is 1.68. The van der Waals surface area contributed by atoms with Gasteiger partial charge in [-0.1, -0.05) is 13.0 Å². The molecule has 0 saturated heterocycles. The van der Waals surface area contributed by atoms with E-state index in [-0.39, 0.29) is 17.7 Å². The molecule has 3 heteroatoms. The third kappa shape index (κ3) is 3.10. The Morgan fingerprint density at radius 1 is 1.37 bits per heavy atom. The van der Waals surface area contributed by atoms with E-state index in [1.807, 2.05) is 6.07 Å². The van der Waals surface area contributed by atoms with Gasteiger partial charge in [0, 0.05) is 0 Å². The van der Waals surface area contributed by atoms with E-state index in [1.54, 1.807) is 7.11 Å². The van der Waals surface area contributed by atoms with E-state index in [9.17, 15) is 0 Å². The largest absolute Gasteiger partial charge is 0.497 e. The minimum atomic E-state index is -0.112. The zero-order valence-corrected chi connectivity index (χ0v) is 12.4. The van der Waals surface area contributed by atoms with Crippen molar-refractivity contribution in [2.45, 2.75) is 57.8 Å². The topological polar surface area (TPSA) is 44.5 Å². The van der Waals surface area contributed by atoms with E-state index in [1.165, 1.54) is 11.1 Å². The lowest BCUT2D eigenvalue weighted by molar-refractivity contribution is -0.0888. The third-order valence-corrected chi connectivity index (χ3v) is 4.13. The summed E-state index contributed by atoms with van der Waals surface area (Å²) in [6.45, 7) is 6.40.